The molecule has 0 aliphatic carbocycles. The predicted molar refractivity (Wildman–Crippen MR) is 60.7 cm³/mol. The molecular formula is C8H4Br2F2N2O2. The summed E-state index contributed by atoms with van der Waals surface area (Å²) < 4.78 is 26.1. The van der Waals surface area contributed by atoms with Gasteiger partial charge in [-0.25, -0.2) is 8.78 Å². The van der Waals surface area contributed by atoms with Crippen molar-refractivity contribution in [2.45, 2.75) is 0 Å². The van der Waals surface area contributed by atoms with Crippen LogP contribution in [0.15, 0.2) is 20.2 Å². The van der Waals surface area contributed by atoms with E-state index in [1.807, 2.05) is 0 Å². The molecule has 0 aliphatic rings. The lowest BCUT2D eigenvalue weighted by Crippen LogP contribution is -2.14. The highest BCUT2D eigenvalue weighted by Gasteiger charge is 2.16. The Morgan fingerprint density at radius 2 is 2.06 bits per heavy atom. The van der Waals surface area contributed by atoms with Gasteiger partial charge in [0.05, 0.1) is 14.6 Å². The summed E-state index contributed by atoms with van der Waals surface area (Å²) in [5.41, 5.74) is -0.245. The maximum atomic E-state index is 13.4. The first kappa shape index (κ1) is 13.0. The van der Waals surface area contributed by atoms with Crippen LogP contribution in [0.1, 0.15) is 0 Å². The fraction of sp³-hybridized carbons (Fsp3) is 0. The van der Waals surface area contributed by atoms with Gasteiger partial charge in [-0.3, -0.25) is 4.79 Å². The molecule has 1 rings (SSSR count). The Labute approximate surface area is 106 Å². The maximum Gasteiger partial charge on any atom is 0.270 e. The van der Waals surface area contributed by atoms with E-state index in [4.69, 9.17) is 5.21 Å². The van der Waals surface area contributed by atoms with Gasteiger partial charge >= 0.3 is 0 Å². The molecule has 0 atom stereocenters. The highest BCUT2D eigenvalue weighted by Crippen LogP contribution is 2.31. The molecular weight excluding hydrogens is 354 g/mol. The summed E-state index contributed by atoms with van der Waals surface area (Å²) in [5, 5.41) is 12.6. The van der Waals surface area contributed by atoms with Gasteiger partial charge in [-0.05, 0) is 37.9 Å². The van der Waals surface area contributed by atoms with Crippen LogP contribution in [0.25, 0.3) is 0 Å². The lowest BCUT2D eigenvalue weighted by Gasteiger charge is -2.07. The quantitative estimate of drug-likeness (QED) is 0.281. The van der Waals surface area contributed by atoms with Gasteiger partial charge in [0, 0.05) is 0 Å². The third-order valence-electron chi connectivity index (χ3n) is 1.54. The van der Waals surface area contributed by atoms with Crippen molar-refractivity contribution >= 4 is 49.7 Å². The summed E-state index contributed by atoms with van der Waals surface area (Å²) in [6.45, 7) is 0. The Morgan fingerprint density at radius 1 is 1.44 bits per heavy atom. The topological polar surface area (TPSA) is 61.7 Å². The van der Waals surface area contributed by atoms with Crippen molar-refractivity contribution in [1.29, 1.82) is 0 Å². The molecule has 2 N–H and O–H groups in total. The molecule has 0 unspecified atom stereocenters. The highest BCUT2D eigenvalue weighted by atomic mass is 79.9. The van der Waals surface area contributed by atoms with Crippen molar-refractivity contribution in [3.05, 3.63) is 26.6 Å². The van der Waals surface area contributed by atoms with Crippen LogP contribution in [0.5, 0.6) is 0 Å². The second-order valence-corrected chi connectivity index (χ2v) is 4.23. The average molecular weight is 358 g/mol. The van der Waals surface area contributed by atoms with Gasteiger partial charge in [0.1, 0.15) is 6.21 Å². The second kappa shape index (κ2) is 5.35. The van der Waals surface area contributed by atoms with E-state index in [2.05, 4.69) is 42.3 Å². The molecule has 0 aliphatic heterocycles. The number of rotatable bonds is 2. The largest absolute Gasteiger partial charge is 0.411 e. The predicted octanol–water partition coefficient (Wildman–Crippen LogP) is 2.89. The lowest BCUT2D eigenvalue weighted by atomic mass is 10.3. The van der Waals surface area contributed by atoms with E-state index in [-0.39, 0.29) is 10.2 Å². The summed E-state index contributed by atoms with van der Waals surface area (Å²) in [6.07, 6.45) is 0.546. The van der Waals surface area contributed by atoms with E-state index in [9.17, 15) is 13.6 Å². The Bertz CT molecular complexity index is 466. The minimum Gasteiger partial charge on any atom is -0.411 e. The summed E-state index contributed by atoms with van der Waals surface area (Å²) >= 11 is 5.55. The molecule has 1 aromatic rings. The van der Waals surface area contributed by atoms with E-state index in [0.29, 0.717) is 6.21 Å². The van der Waals surface area contributed by atoms with Gasteiger partial charge in [0.2, 0.25) is 0 Å². The molecule has 4 nitrogen and oxygen atoms in total. The fourth-order valence-electron chi connectivity index (χ4n) is 0.881. The zero-order valence-electron chi connectivity index (χ0n) is 7.47. The van der Waals surface area contributed by atoms with Gasteiger partial charge in [0.25, 0.3) is 5.91 Å². The van der Waals surface area contributed by atoms with Crippen molar-refractivity contribution in [1.82, 2.24) is 0 Å². The molecule has 86 valence electrons. The zero-order chi connectivity index (χ0) is 12.3. The Balaban J connectivity index is 3.11. The molecule has 1 amide bonds. The summed E-state index contributed by atoms with van der Waals surface area (Å²) in [7, 11) is 0. The molecule has 0 radical (unpaired) electrons. The van der Waals surface area contributed by atoms with Gasteiger partial charge in [-0.15, -0.1) is 0 Å². The smallest absolute Gasteiger partial charge is 0.270 e. The van der Waals surface area contributed by atoms with Crippen LogP contribution < -0.4 is 5.32 Å². The molecule has 0 saturated heterocycles. The van der Waals surface area contributed by atoms with E-state index < -0.39 is 22.0 Å². The Hall–Kier alpha value is -1.02. The third-order valence-corrected chi connectivity index (χ3v) is 2.81. The highest BCUT2D eigenvalue weighted by molar-refractivity contribution is 9.11. The van der Waals surface area contributed by atoms with Crippen LogP contribution in [0.4, 0.5) is 14.5 Å². The number of carbonyl (C=O) groups is 1. The first-order valence-corrected chi connectivity index (χ1v) is 5.37. The van der Waals surface area contributed by atoms with Crippen molar-refractivity contribution in [3.8, 4) is 0 Å². The normalized spacial score (nSPS) is 10.8. The summed E-state index contributed by atoms with van der Waals surface area (Å²) in [4.78, 5) is 11.0. The van der Waals surface area contributed by atoms with Crippen LogP contribution in [0.2, 0.25) is 0 Å². The number of oxime groups is 1. The summed E-state index contributed by atoms with van der Waals surface area (Å²) in [5.74, 6) is -2.61. The monoisotopic (exact) mass is 356 g/mol. The number of anilines is 1. The lowest BCUT2D eigenvalue weighted by molar-refractivity contribution is -0.110. The molecule has 1 aromatic carbocycles. The van der Waals surface area contributed by atoms with Gasteiger partial charge in [-0.2, -0.15) is 0 Å². The van der Waals surface area contributed by atoms with E-state index in [1.165, 1.54) is 0 Å². The van der Waals surface area contributed by atoms with E-state index in [1.54, 1.807) is 0 Å². The Kier molecular flexibility index (Phi) is 4.36. The van der Waals surface area contributed by atoms with Crippen molar-refractivity contribution in [2.75, 3.05) is 5.32 Å². The van der Waals surface area contributed by atoms with Crippen LogP contribution in [-0.4, -0.2) is 17.3 Å². The van der Waals surface area contributed by atoms with Crippen LogP contribution in [0, 0.1) is 11.6 Å². The fourth-order valence-corrected chi connectivity index (χ4v) is 2.00. The van der Waals surface area contributed by atoms with Gasteiger partial charge in [0.15, 0.2) is 11.6 Å². The first-order valence-electron chi connectivity index (χ1n) is 3.78. The summed E-state index contributed by atoms with van der Waals surface area (Å²) in [6, 6.07) is 1.05. The van der Waals surface area contributed by atoms with Crippen LogP contribution in [0.3, 0.4) is 0 Å². The van der Waals surface area contributed by atoms with Crippen LogP contribution >= 0.6 is 31.9 Å². The SMILES string of the molecule is O=C(C=NO)Nc1cc(Br)c(F)c(Br)c1F. The van der Waals surface area contributed by atoms with Crippen molar-refractivity contribution in [3.63, 3.8) is 0 Å². The van der Waals surface area contributed by atoms with Gasteiger partial charge < -0.3 is 10.5 Å². The Morgan fingerprint density at radius 3 is 2.62 bits per heavy atom. The van der Waals surface area contributed by atoms with Crippen LogP contribution in [-0.2, 0) is 4.79 Å². The molecule has 0 fully saturated rings. The number of halogens is 4. The minimum absolute atomic E-state index is 0.0167. The number of carbonyl (C=O) groups excluding carboxylic acids is 1. The molecule has 0 saturated carbocycles. The molecule has 0 bridgehead atoms. The third kappa shape index (κ3) is 2.76. The number of nitrogens with zero attached hydrogens (tertiary/aromatic N) is 1. The number of hydrogen-bond acceptors (Lipinski definition) is 3. The number of hydrogen-bond donors (Lipinski definition) is 2. The van der Waals surface area contributed by atoms with Crippen molar-refractivity contribution < 1.29 is 18.8 Å². The molecule has 0 aromatic heterocycles. The molecule has 8 heteroatoms. The number of amides is 1. The minimum atomic E-state index is -0.958. The first-order chi connectivity index (χ1) is 7.47. The van der Waals surface area contributed by atoms with E-state index >= 15 is 0 Å². The van der Waals surface area contributed by atoms with Crippen molar-refractivity contribution in [2.24, 2.45) is 5.16 Å². The second-order valence-electron chi connectivity index (χ2n) is 2.58. The average Bonchev–Trinajstić information content (AvgIpc) is 2.23. The number of nitrogens with one attached hydrogen (secondary N) is 1. The molecule has 0 spiro atoms. The standard InChI is InChI=1S/C8H4Br2F2N2O2/c9-3-1-4(14-5(15)2-13-16)8(12)6(10)7(3)11/h1-2,16H,(H,14,15). The molecule has 16 heavy (non-hydrogen) atoms. The van der Waals surface area contributed by atoms with E-state index in [0.717, 1.165) is 6.07 Å². The maximum absolute atomic E-state index is 13.4. The molecule has 0 heterocycles. The van der Waals surface area contributed by atoms with Gasteiger partial charge in [-0.1, -0.05) is 5.16 Å². The zero-order valence-corrected chi connectivity index (χ0v) is 10.6. The number of benzene rings is 1.